The highest BCUT2D eigenvalue weighted by atomic mass is 35.5. The van der Waals surface area contributed by atoms with Gasteiger partial charge >= 0.3 is 0 Å². The number of aromatic nitrogens is 5. The zero-order valence-electron chi connectivity index (χ0n) is 14.6. The Labute approximate surface area is 151 Å². The van der Waals surface area contributed by atoms with Crippen molar-refractivity contribution in [2.75, 3.05) is 18.5 Å². The minimum Gasteiger partial charge on any atom is -0.380 e. The van der Waals surface area contributed by atoms with E-state index in [1.807, 2.05) is 37.6 Å². The van der Waals surface area contributed by atoms with E-state index < -0.39 is 0 Å². The Balaban J connectivity index is 2.07. The number of halogens is 1. The second kappa shape index (κ2) is 7.76. The Kier molecular flexibility index (Phi) is 5.45. The van der Waals surface area contributed by atoms with Gasteiger partial charge in [0.2, 0.25) is 5.28 Å². The molecule has 3 heterocycles. The maximum atomic E-state index is 6.14. The Bertz CT molecular complexity index is 879. The molecule has 3 aromatic rings. The first kappa shape index (κ1) is 17.6. The average Bonchev–Trinajstić information content (AvgIpc) is 2.93. The number of aryl methyl sites for hydroxylation is 2. The van der Waals surface area contributed by atoms with Crippen LogP contribution in [0, 0.1) is 6.92 Å². The molecule has 25 heavy (non-hydrogen) atoms. The molecule has 0 aromatic carbocycles. The van der Waals surface area contributed by atoms with Gasteiger partial charge in [-0.1, -0.05) is 6.92 Å². The van der Waals surface area contributed by atoms with Crippen molar-refractivity contribution in [3.8, 4) is 0 Å². The molecule has 8 heteroatoms. The molecule has 0 radical (unpaired) electrons. The van der Waals surface area contributed by atoms with Gasteiger partial charge in [-0.15, -0.1) is 0 Å². The molecule has 0 aliphatic rings. The zero-order valence-corrected chi connectivity index (χ0v) is 15.3. The smallest absolute Gasteiger partial charge is 0.225 e. The highest BCUT2D eigenvalue weighted by Crippen LogP contribution is 2.27. The number of pyridine rings is 1. The summed E-state index contributed by atoms with van der Waals surface area (Å²) in [6.45, 7) is 7.88. The van der Waals surface area contributed by atoms with E-state index in [1.165, 1.54) is 0 Å². The molecule has 0 saturated heterocycles. The summed E-state index contributed by atoms with van der Waals surface area (Å²) in [7, 11) is 0. The minimum atomic E-state index is 0.182. The third-order valence-electron chi connectivity index (χ3n) is 3.78. The Morgan fingerprint density at radius 2 is 2.12 bits per heavy atom. The fraction of sp³-hybridized carbons (Fsp3) is 0.412. The van der Waals surface area contributed by atoms with Crippen molar-refractivity contribution in [1.82, 2.24) is 24.7 Å². The van der Waals surface area contributed by atoms with E-state index in [9.17, 15) is 0 Å². The molecule has 0 fully saturated rings. The van der Waals surface area contributed by atoms with E-state index in [2.05, 4.69) is 25.4 Å². The predicted molar refractivity (Wildman–Crippen MR) is 98.5 cm³/mol. The number of ether oxygens (including phenoxy) is 1. The van der Waals surface area contributed by atoms with Crippen molar-refractivity contribution >= 4 is 34.3 Å². The number of nitrogens with one attached hydrogen (secondary N) is 1. The first-order valence-electron chi connectivity index (χ1n) is 8.32. The van der Waals surface area contributed by atoms with Gasteiger partial charge in [0, 0.05) is 12.8 Å². The van der Waals surface area contributed by atoms with Crippen LogP contribution >= 0.6 is 11.6 Å². The van der Waals surface area contributed by atoms with Crippen LogP contribution in [0.5, 0.6) is 0 Å². The standard InChI is InChI=1S/C17H21ClN6O/c1-4-12-14-15(24(23-12)8-9-25-5-2)16(22-17(18)21-14)20-13-10-11(3)6-7-19-13/h6-7,10H,4-5,8-9H2,1-3H3,(H,19,20,21,22). The summed E-state index contributed by atoms with van der Waals surface area (Å²) in [5, 5.41) is 8.09. The van der Waals surface area contributed by atoms with Crippen molar-refractivity contribution in [1.29, 1.82) is 0 Å². The molecule has 0 amide bonds. The van der Waals surface area contributed by atoms with E-state index in [0.717, 1.165) is 28.7 Å². The highest BCUT2D eigenvalue weighted by molar-refractivity contribution is 6.28. The van der Waals surface area contributed by atoms with Crippen LogP contribution in [0.3, 0.4) is 0 Å². The molecular formula is C17H21ClN6O. The van der Waals surface area contributed by atoms with Crippen molar-refractivity contribution in [2.45, 2.75) is 33.7 Å². The molecule has 7 nitrogen and oxygen atoms in total. The second-order valence-electron chi connectivity index (χ2n) is 5.60. The van der Waals surface area contributed by atoms with Gasteiger partial charge in [0.25, 0.3) is 0 Å². The summed E-state index contributed by atoms with van der Waals surface area (Å²) in [5.74, 6) is 1.29. The van der Waals surface area contributed by atoms with Crippen molar-refractivity contribution < 1.29 is 4.74 Å². The quantitative estimate of drug-likeness (QED) is 0.513. The van der Waals surface area contributed by atoms with Crippen molar-refractivity contribution in [3.05, 3.63) is 34.9 Å². The summed E-state index contributed by atoms with van der Waals surface area (Å²) in [4.78, 5) is 13.1. The third kappa shape index (κ3) is 3.88. The van der Waals surface area contributed by atoms with Crippen LogP contribution < -0.4 is 5.32 Å². The van der Waals surface area contributed by atoms with Crippen LogP contribution in [0.25, 0.3) is 11.0 Å². The molecule has 0 aliphatic carbocycles. The number of rotatable bonds is 7. The molecule has 3 aromatic heterocycles. The summed E-state index contributed by atoms with van der Waals surface area (Å²) in [6, 6.07) is 3.89. The summed E-state index contributed by atoms with van der Waals surface area (Å²) < 4.78 is 7.34. The van der Waals surface area contributed by atoms with E-state index in [-0.39, 0.29) is 5.28 Å². The minimum absolute atomic E-state index is 0.182. The van der Waals surface area contributed by atoms with Gasteiger partial charge in [0.1, 0.15) is 16.9 Å². The predicted octanol–water partition coefficient (Wildman–Crippen LogP) is 3.53. The first-order chi connectivity index (χ1) is 12.1. The number of fused-ring (bicyclic) bond motifs is 1. The van der Waals surface area contributed by atoms with Crippen molar-refractivity contribution in [2.24, 2.45) is 0 Å². The molecule has 0 atom stereocenters. The average molecular weight is 361 g/mol. The maximum absolute atomic E-state index is 6.14. The molecule has 0 spiro atoms. The molecule has 0 saturated carbocycles. The molecule has 0 unspecified atom stereocenters. The van der Waals surface area contributed by atoms with Crippen molar-refractivity contribution in [3.63, 3.8) is 0 Å². The summed E-state index contributed by atoms with van der Waals surface area (Å²) in [6.07, 6.45) is 2.51. The molecular weight excluding hydrogens is 340 g/mol. The van der Waals surface area contributed by atoms with Gasteiger partial charge in [-0.25, -0.2) is 9.97 Å². The Morgan fingerprint density at radius 1 is 1.28 bits per heavy atom. The lowest BCUT2D eigenvalue weighted by Gasteiger charge is -2.10. The number of hydrogen-bond acceptors (Lipinski definition) is 6. The lowest BCUT2D eigenvalue weighted by Crippen LogP contribution is -2.09. The topological polar surface area (TPSA) is 77.8 Å². The number of hydrogen-bond donors (Lipinski definition) is 1. The van der Waals surface area contributed by atoms with Gasteiger partial charge in [-0.2, -0.15) is 10.1 Å². The normalized spacial score (nSPS) is 11.2. The lowest BCUT2D eigenvalue weighted by atomic mass is 10.2. The van der Waals surface area contributed by atoms with E-state index in [0.29, 0.717) is 31.4 Å². The van der Waals surface area contributed by atoms with Gasteiger partial charge in [-0.3, -0.25) is 4.68 Å². The monoisotopic (exact) mass is 360 g/mol. The largest absolute Gasteiger partial charge is 0.380 e. The van der Waals surface area contributed by atoms with Crippen LogP contribution in [0.4, 0.5) is 11.6 Å². The van der Waals surface area contributed by atoms with Gasteiger partial charge in [0.05, 0.1) is 18.8 Å². The molecule has 1 N–H and O–H groups in total. The van der Waals surface area contributed by atoms with Crippen LogP contribution in [0.15, 0.2) is 18.3 Å². The zero-order chi connectivity index (χ0) is 17.8. The first-order valence-corrected chi connectivity index (χ1v) is 8.70. The Hall–Kier alpha value is -2.25. The van der Waals surface area contributed by atoms with E-state index in [1.54, 1.807) is 6.20 Å². The summed E-state index contributed by atoms with van der Waals surface area (Å²) >= 11 is 6.14. The molecule has 0 bridgehead atoms. The van der Waals surface area contributed by atoms with Crippen LogP contribution in [-0.2, 0) is 17.7 Å². The fourth-order valence-corrected chi connectivity index (χ4v) is 2.79. The lowest BCUT2D eigenvalue weighted by molar-refractivity contribution is 0.137. The number of anilines is 2. The van der Waals surface area contributed by atoms with E-state index >= 15 is 0 Å². The third-order valence-corrected chi connectivity index (χ3v) is 3.95. The second-order valence-corrected chi connectivity index (χ2v) is 5.94. The fourth-order valence-electron chi connectivity index (χ4n) is 2.62. The highest BCUT2D eigenvalue weighted by Gasteiger charge is 2.18. The van der Waals surface area contributed by atoms with Crippen LogP contribution in [0.2, 0.25) is 5.28 Å². The van der Waals surface area contributed by atoms with E-state index in [4.69, 9.17) is 16.3 Å². The van der Waals surface area contributed by atoms with Gasteiger partial charge in [-0.05, 0) is 49.6 Å². The molecule has 3 rings (SSSR count). The maximum Gasteiger partial charge on any atom is 0.225 e. The van der Waals surface area contributed by atoms with Gasteiger partial charge < -0.3 is 10.1 Å². The number of nitrogens with zero attached hydrogens (tertiary/aromatic N) is 5. The van der Waals surface area contributed by atoms with Crippen LogP contribution in [-0.4, -0.2) is 37.9 Å². The molecule has 132 valence electrons. The Morgan fingerprint density at radius 3 is 2.84 bits per heavy atom. The van der Waals surface area contributed by atoms with Gasteiger partial charge in [0.15, 0.2) is 5.82 Å². The summed E-state index contributed by atoms with van der Waals surface area (Å²) in [5.41, 5.74) is 3.56. The molecule has 0 aliphatic heterocycles. The van der Waals surface area contributed by atoms with Crippen LogP contribution in [0.1, 0.15) is 25.1 Å². The SMILES string of the molecule is CCOCCn1nc(CC)c2nc(Cl)nc(Nc3cc(C)ccn3)c21.